The number of rotatable bonds is 19. The molecule has 0 saturated carbocycles. The van der Waals surface area contributed by atoms with E-state index in [0.29, 0.717) is 56.5 Å². The Morgan fingerprint density at radius 2 is 1.61 bits per heavy atom. The number of carbonyl (C=O) groups excluding carboxylic acids is 1. The average Bonchev–Trinajstić information content (AvgIpc) is 2.90. The molecule has 0 aliphatic rings. The summed E-state index contributed by atoms with van der Waals surface area (Å²) in [4.78, 5) is 11.9. The Balaban J connectivity index is 1.95. The SMILES string of the molecule is CCCCOc1cc(C=CC(=O)OCCOCC)ccc1OCCc1ccc(NS(=O)(=O)CCCC)cc1. The van der Waals surface area contributed by atoms with Crippen molar-refractivity contribution in [3.63, 3.8) is 0 Å². The van der Waals surface area contributed by atoms with Crippen LogP contribution in [0, 0.1) is 0 Å². The molecule has 8 nitrogen and oxygen atoms in total. The molecule has 0 atom stereocenters. The first-order valence-electron chi connectivity index (χ1n) is 13.3. The molecule has 2 aromatic rings. The summed E-state index contributed by atoms with van der Waals surface area (Å²) in [5.41, 5.74) is 2.37. The third-order valence-electron chi connectivity index (χ3n) is 5.45. The van der Waals surface area contributed by atoms with Crippen molar-refractivity contribution in [1.29, 1.82) is 0 Å². The summed E-state index contributed by atoms with van der Waals surface area (Å²) >= 11 is 0. The lowest BCUT2D eigenvalue weighted by molar-refractivity contribution is -0.139. The Morgan fingerprint density at radius 1 is 0.868 bits per heavy atom. The standard InChI is InChI=1S/C29H41NO7S/c1-4-7-18-35-28-23-25(12-16-29(31)37-21-20-34-6-3)11-15-27(28)36-19-17-24-9-13-26(14-10-24)30-38(32,33)22-8-5-2/h9-16,23,30H,4-8,17-22H2,1-3H3. The number of unbranched alkanes of at least 4 members (excludes halogenated alkanes) is 2. The van der Waals surface area contributed by atoms with E-state index < -0.39 is 16.0 Å². The van der Waals surface area contributed by atoms with Crippen LogP contribution >= 0.6 is 0 Å². The van der Waals surface area contributed by atoms with E-state index in [4.69, 9.17) is 18.9 Å². The minimum atomic E-state index is -3.32. The summed E-state index contributed by atoms with van der Waals surface area (Å²) < 4.78 is 49.0. The maximum absolute atomic E-state index is 12.1. The molecule has 0 fully saturated rings. The van der Waals surface area contributed by atoms with Gasteiger partial charge in [0, 0.05) is 24.8 Å². The van der Waals surface area contributed by atoms with Crippen LogP contribution < -0.4 is 14.2 Å². The Bertz CT molecular complexity index is 1100. The summed E-state index contributed by atoms with van der Waals surface area (Å²) in [6, 6.07) is 12.8. The third-order valence-corrected chi connectivity index (χ3v) is 6.83. The second-order valence-corrected chi connectivity index (χ2v) is 10.5. The fraction of sp³-hybridized carbons (Fsp3) is 0.483. The third kappa shape index (κ3) is 12.5. The first-order valence-corrected chi connectivity index (χ1v) is 14.9. The largest absolute Gasteiger partial charge is 0.490 e. The number of ether oxygens (including phenoxy) is 4. The minimum Gasteiger partial charge on any atom is -0.490 e. The van der Waals surface area contributed by atoms with E-state index in [9.17, 15) is 13.2 Å². The highest BCUT2D eigenvalue weighted by Gasteiger charge is 2.10. The lowest BCUT2D eigenvalue weighted by Crippen LogP contribution is -2.16. The Labute approximate surface area is 227 Å². The van der Waals surface area contributed by atoms with E-state index >= 15 is 0 Å². The molecule has 0 amide bonds. The number of esters is 1. The molecule has 9 heteroatoms. The summed E-state index contributed by atoms with van der Waals surface area (Å²) in [6.07, 6.45) is 7.09. The lowest BCUT2D eigenvalue weighted by atomic mass is 10.1. The molecule has 2 aromatic carbocycles. The Kier molecular flexibility index (Phi) is 14.3. The first kappa shape index (κ1) is 31.2. The number of anilines is 1. The average molecular weight is 548 g/mol. The summed E-state index contributed by atoms with van der Waals surface area (Å²) in [6.45, 7) is 8.10. The maximum atomic E-state index is 12.1. The van der Waals surface area contributed by atoms with E-state index in [1.165, 1.54) is 6.08 Å². The number of nitrogens with one attached hydrogen (secondary N) is 1. The van der Waals surface area contributed by atoms with E-state index in [1.807, 2.05) is 44.2 Å². The van der Waals surface area contributed by atoms with Gasteiger partial charge in [-0.3, -0.25) is 4.72 Å². The fourth-order valence-electron chi connectivity index (χ4n) is 3.33. The van der Waals surface area contributed by atoms with Crippen LogP contribution in [0.3, 0.4) is 0 Å². The summed E-state index contributed by atoms with van der Waals surface area (Å²) in [5, 5.41) is 0. The van der Waals surface area contributed by atoms with Crippen molar-refractivity contribution in [1.82, 2.24) is 0 Å². The molecule has 0 aliphatic heterocycles. The van der Waals surface area contributed by atoms with Crippen molar-refractivity contribution in [3.05, 3.63) is 59.7 Å². The van der Waals surface area contributed by atoms with Crippen molar-refractivity contribution < 1.29 is 32.2 Å². The topological polar surface area (TPSA) is 100 Å². The fourth-order valence-corrected chi connectivity index (χ4v) is 4.59. The second-order valence-electron chi connectivity index (χ2n) is 8.68. The maximum Gasteiger partial charge on any atom is 0.330 e. The van der Waals surface area contributed by atoms with Gasteiger partial charge < -0.3 is 18.9 Å². The highest BCUT2D eigenvalue weighted by atomic mass is 32.2. The van der Waals surface area contributed by atoms with Gasteiger partial charge in [-0.15, -0.1) is 0 Å². The molecule has 0 spiro atoms. The zero-order valence-electron chi connectivity index (χ0n) is 22.7. The smallest absolute Gasteiger partial charge is 0.330 e. The summed E-state index contributed by atoms with van der Waals surface area (Å²) in [7, 11) is -3.32. The molecule has 210 valence electrons. The Morgan fingerprint density at radius 3 is 2.32 bits per heavy atom. The molecular weight excluding hydrogens is 506 g/mol. The predicted octanol–water partition coefficient (Wildman–Crippen LogP) is 5.62. The molecule has 0 bridgehead atoms. The van der Waals surface area contributed by atoms with Gasteiger partial charge in [-0.2, -0.15) is 0 Å². The van der Waals surface area contributed by atoms with E-state index in [0.717, 1.165) is 30.4 Å². The van der Waals surface area contributed by atoms with Crippen LogP contribution in [-0.4, -0.2) is 53.2 Å². The molecule has 38 heavy (non-hydrogen) atoms. The van der Waals surface area contributed by atoms with Crippen LogP contribution in [0.15, 0.2) is 48.5 Å². The minimum absolute atomic E-state index is 0.120. The van der Waals surface area contributed by atoms with Gasteiger partial charge >= 0.3 is 5.97 Å². The van der Waals surface area contributed by atoms with Gasteiger partial charge in [0.25, 0.3) is 0 Å². The molecular formula is C29H41NO7S. The van der Waals surface area contributed by atoms with E-state index in [2.05, 4.69) is 11.6 Å². The highest BCUT2D eigenvalue weighted by molar-refractivity contribution is 7.92. The van der Waals surface area contributed by atoms with Crippen molar-refractivity contribution in [2.75, 3.05) is 43.5 Å². The normalized spacial score (nSPS) is 11.4. The van der Waals surface area contributed by atoms with E-state index in [-0.39, 0.29) is 12.4 Å². The molecule has 0 saturated heterocycles. The van der Waals surface area contributed by atoms with Gasteiger partial charge in [-0.25, -0.2) is 13.2 Å². The molecule has 1 N–H and O–H groups in total. The zero-order valence-corrected chi connectivity index (χ0v) is 23.6. The van der Waals surface area contributed by atoms with Gasteiger partial charge in [-0.1, -0.05) is 44.9 Å². The molecule has 0 radical (unpaired) electrons. The van der Waals surface area contributed by atoms with Crippen LogP contribution in [0.5, 0.6) is 11.5 Å². The van der Waals surface area contributed by atoms with Gasteiger partial charge in [0.1, 0.15) is 6.61 Å². The van der Waals surface area contributed by atoms with Gasteiger partial charge in [0.15, 0.2) is 11.5 Å². The number of carbonyl (C=O) groups is 1. The monoisotopic (exact) mass is 547 g/mol. The number of hydrogen-bond acceptors (Lipinski definition) is 7. The van der Waals surface area contributed by atoms with Crippen molar-refractivity contribution in [2.24, 2.45) is 0 Å². The molecule has 0 unspecified atom stereocenters. The molecule has 0 aromatic heterocycles. The van der Waals surface area contributed by atoms with Crippen molar-refractivity contribution in [3.8, 4) is 11.5 Å². The quantitative estimate of drug-likeness (QED) is 0.138. The molecule has 0 heterocycles. The van der Waals surface area contributed by atoms with Gasteiger partial charge in [0.05, 0.1) is 25.6 Å². The van der Waals surface area contributed by atoms with Crippen LogP contribution in [0.1, 0.15) is 57.6 Å². The number of hydrogen-bond donors (Lipinski definition) is 1. The van der Waals surface area contributed by atoms with E-state index in [1.54, 1.807) is 18.2 Å². The molecule has 0 aliphatic carbocycles. The predicted molar refractivity (Wildman–Crippen MR) is 151 cm³/mol. The number of sulfonamides is 1. The zero-order chi connectivity index (χ0) is 27.6. The Hall–Kier alpha value is -3.04. The second kappa shape index (κ2) is 17.5. The number of benzene rings is 2. The van der Waals surface area contributed by atoms with Crippen LogP contribution in [0.25, 0.3) is 6.08 Å². The van der Waals surface area contributed by atoms with Crippen LogP contribution in [-0.2, 0) is 30.7 Å². The highest BCUT2D eigenvalue weighted by Crippen LogP contribution is 2.29. The molecule has 2 rings (SSSR count). The summed E-state index contributed by atoms with van der Waals surface area (Å²) in [5.74, 6) is 0.924. The lowest BCUT2D eigenvalue weighted by Gasteiger charge is -2.14. The van der Waals surface area contributed by atoms with Gasteiger partial charge in [-0.05, 0) is 61.2 Å². The van der Waals surface area contributed by atoms with Crippen LogP contribution in [0.2, 0.25) is 0 Å². The van der Waals surface area contributed by atoms with Gasteiger partial charge in [0.2, 0.25) is 10.0 Å². The first-order chi connectivity index (χ1) is 18.4. The van der Waals surface area contributed by atoms with Crippen LogP contribution in [0.4, 0.5) is 5.69 Å². The van der Waals surface area contributed by atoms with Crippen molar-refractivity contribution >= 4 is 27.8 Å². The van der Waals surface area contributed by atoms with Crippen molar-refractivity contribution in [2.45, 2.75) is 52.9 Å².